The molecule has 17 heavy (non-hydrogen) atoms. The van der Waals surface area contributed by atoms with Crippen LogP contribution in [0.25, 0.3) is 0 Å². The number of hydrogen-bond donors (Lipinski definition) is 2. The van der Waals surface area contributed by atoms with E-state index < -0.39 is 11.6 Å². The van der Waals surface area contributed by atoms with E-state index >= 15 is 0 Å². The van der Waals surface area contributed by atoms with Crippen LogP contribution in [0.4, 0.5) is 4.39 Å². The van der Waals surface area contributed by atoms with Gasteiger partial charge in [-0.05, 0) is 31.6 Å². The number of hydrogen-bond acceptors (Lipinski definition) is 2. The molecule has 0 radical (unpaired) electrons. The molecule has 2 atom stereocenters. The number of rotatable bonds is 6. The summed E-state index contributed by atoms with van der Waals surface area (Å²) in [5.41, 5.74) is -1.60. The van der Waals surface area contributed by atoms with Gasteiger partial charge in [-0.1, -0.05) is 6.92 Å². The summed E-state index contributed by atoms with van der Waals surface area (Å²) in [7, 11) is 0. The van der Waals surface area contributed by atoms with Crippen LogP contribution in [0.15, 0.2) is 0 Å². The lowest BCUT2D eigenvalue weighted by molar-refractivity contribution is -0.127. The summed E-state index contributed by atoms with van der Waals surface area (Å²) in [5.74, 6) is -0.237. The highest BCUT2D eigenvalue weighted by Crippen LogP contribution is 2.41. The summed E-state index contributed by atoms with van der Waals surface area (Å²) >= 11 is 0. The summed E-state index contributed by atoms with van der Waals surface area (Å²) in [6, 6.07) is 0. The molecular weight excluding hydrogens is 223 g/mol. The molecule has 2 fully saturated rings. The molecule has 96 valence electrons. The second-order valence-corrected chi connectivity index (χ2v) is 5.07. The van der Waals surface area contributed by atoms with Crippen LogP contribution in [-0.2, 0) is 9.59 Å². The number of halogens is 1. The van der Waals surface area contributed by atoms with Crippen LogP contribution in [0, 0.1) is 11.8 Å². The van der Waals surface area contributed by atoms with Gasteiger partial charge in [0.1, 0.15) is 0 Å². The normalized spacial score (nSPS) is 28.4. The van der Waals surface area contributed by atoms with Crippen molar-refractivity contribution in [2.24, 2.45) is 11.8 Å². The minimum absolute atomic E-state index is 0.0108. The molecule has 0 bridgehead atoms. The minimum atomic E-state index is -1.60. The fourth-order valence-electron chi connectivity index (χ4n) is 1.89. The van der Waals surface area contributed by atoms with Gasteiger partial charge in [0.2, 0.25) is 5.91 Å². The summed E-state index contributed by atoms with van der Waals surface area (Å²) in [5, 5.41) is 5.42. The molecule has 4 nitrogen and oxygen atoms in total. The van der Waals surface area contributed by atoms with Crippen molar-refractivity contribution in [3.63, 3.8) is 0 Å². The van der Waals surface area contributed by atoms with Gasteiger partial charge in [-0.25, -0.2) is 4.39 Å². The third-order valence-corrected chi connectivity index (χ3v) is 3.43. The summed E-state index contributed by atoms with van der Waals surface area (Å²) in [6.07, 6.45) is 2.40. The zero-order valence-electron chi connectivity index (χ0n) is 10.1. The highest BCUT2D eigenvalue weighted by molar-refractivity contribution is 5.88. The maximum absolute atomic E-state index is 13.3. The first-order chi connectivity index (χ1) is 8.07. The van der Waals surface area contributed by atoms with Crippen molar-refractivity contribution < 1.29 is 14.0 Å². The molecule has 2 N–H and O–H groups in total. The quantitative estimate of drug-likeness (QED) is 0.722. The van der Waals surface area contributed by atoms with Gasteiger partial charge >= 0.3 is 0 Å². The smallest absolute Gasteiger partial charge is 0.257 e. The number of nitrogens with one attached hydrogen (secondary N) is 2. The SMILES string of the molecule is CCCNC(=O)C1CC1CNC(=O)C1(F)CC1. The van der Waals surface area contributed by atoms with Crippen molar-refractivity contribution in [3.05, 3.63) is 0 Å². The van der Waals surface area contributed by atoms with Gasteiger partial charge in [-0.15, -0.1) is 0 Å². The van der Waals surface area contributed by atoms with Crippen molar-refractivity contribution >= 4 is 11.8 Å². The lowest BCUT2D eigenvalue weighted by Gasteiger charge is -2.07. The lowest BCUT2D eigenvalue weighted by atomic mass is 10.2. The molecule has 0 aromatic heterocycles. The largest absolute Gasteiger partial charge is 0.356 e. The van der Waals surface area contributed by atoms with E-state index in [0.29, 0.717) is 25.9 Å². The van der Waals surface area contributed by atoms with Crippen LogP contribution in [0.5, 0.6) is 0 Å². The molecule has 2 saturated carbocycles. The molecule has 2 rings (SSSR count). The Morgan fingerprint density at radius 2 is 2.06 bits per heavy atom. The Kier molecular flexibility index (Phi) is 3.35. The molecule has 0 spiro atoms. The molecule has 5 heteroatoms. The second kappa shape index (κ2) is 4.63. The standard InChI is InChI=1S/C12H19FN2O2/c1-2-5-14-10(16)9-6-8(9)7-15-11(17)12(13)3-4-12/h8-9H,2-7H2,1H3,(H,14,16)(H,15,17). The minimum Gasteiger partial charge on any atom is -0.356 e. The molecule has 0 saturated heterocycles. The van der Waals surface area contributed by atoms with Crippen molar-refractivity contribution in [1.29, 1.82) is 0 Å². The Morgan fingerprint density at radius 1 is 1.35 bits per heavy atom. The molecule has 0 heterocycles. The van der Waals surface area contributed by atoms with E-state index in [1.165, 1.54) is 0 Å². The summed E-state index contributed by atoms with van der Waals surface area (Å²) in [4.78, 5) is 22.9. The van der Waals surface area contributed by atoms with E-state index in [1.54, 1.807) is 0 Å². The Morgan fingerprint density at radius 3 is 2.65 bits per heavy atom. The van der Waals surface area contributed by atoms with Gasteiger partial charge in [0.15, 0.2) is 5.67 Å². The highest BCUT2D eigenvalue weighted by atomic mass is 19.1. The first-order valence-electron chi connectivity index (χ1n) is 6.32. The fourth-order valence-corrected chi connectivity index (χ4v) is 1.89. The first-order valence-corrected chi connectivity index (χ1v) is 6.32. The number of alkyl halides is 1. The van der Waals surface area contributed by atoms with Crippen LogP contribution in [-0.4, -0.2) is 30.6 Å². The second-order valence-electron chi connectivity index (χ2n) is 5.07. The molecular formula is C12H19FN2O2. The predicted octanol–water partition coefficient (Wildman–Crippen LogP) is 0.767. The molecule has 2 unspecified atom stereocenters. The fraction of sp³-hybridized carbons (Fsp3) is 0.833. The molecule has 0 aromatic rings. The van der Waals surface area contributed by atoms with Crippen LogP contribution in [0.3, 0.4) is 0 Å². The Hall–Kier alpha value is -1.13. The summed E-state index contributed by atoms with van der Waals surface area (Å²) in [6.45, 7) is 3.12. The number of carbonyl (C=O) groups is 2. The van der Waals surface area contributed by atoms with E-state index in [9.17, 15) is 14.0 Å². The topological polar surface area (TPSA) is 58.2 Å². The molecule has 2 aliphatic rings. The average Bonchev–Trinajstić information content (AvgIpc) is 3.19. The van der Waals surface area contributed by atoms with E-state index in [4.69, 9.17) is 0 Å². The highest BCUT2D eigenvalue weighted by Gasteiger charge is 2.51. The molecule has 2 amide bonds. The maximum Gasteiger partial charge on any atom is 0.257 e. The molecule has 0 aromatic carbocycles. The van der Waals surface area contributed by atoms with Crippen molar-refractivity contribution in [2.75, 3.05) is 13.1 Å². The maximum atomic E-state index is 13.3. The predicted molar refractivity (Wildman–Crippen MR) is 61.0 cm³/mol. The lowest BCUT2D eigenvalue weighted by Crippen LogP contribution is -2.35. The van der Waals surface area contributed by atoms with Gasteiger partial charge in [0.25, 0.3) is 5.91 Å². The van der Waals surface area contributed by atoms with E-state index in [1.807, 2.05) is 6.92 Å². The number of carbonyl (C=O) groups excluding carboxylic acids is 2. The zero-order chi connectivity index (χ0) is 12.5. The monoisotopic (exact) mass is 242 g/mol. The molecule has 2 aliphatic carbocycles. The Balaban J connectivity index is 1.63. The number of amides is 2. The van der Waals surface area contributed by atoms with Crippen LogP contribution in [0.1, 0.15) is 32.6 Å². The first kappa shape index (κ1) is 12.3. The average molecular weight is 242 g/mol. The Bertz CT molecular complexity index is 328. The van der Waals surface area contributed by atoms with Gasteiger partial charge in [-0.3, -0.25) is 9.59 Å². The van der Waals surface area contributed by atoms with Crippen LogP contribution < -0.4 is 10.6 Å². The van der Waals surface area contributed by atoms with Gasteiger partial charge < -0.3 is 10.6 Å². The zero-order valence-corrected chi connectivity index (χ0v) is 10.1. The van der Waals surface area contributed by atoms with Gasteiger partial charge in [0, 0.05) is 19.0 Å². The third-order valence-electron chi connectivity index (χ3n) is 3.43. The van der Waals surface area contributed by atoms with Crippen molar-refractivity contribution in [3.8, 4) is 0 Å². The van der Waals surface area contributed by atoms with Gasteiger partial charge in [0.05, 0.1) is 0 Å². The van der Waals surface area contributed by atoms with E-state index in [0.717, 1.165) is 12.8 Å². The molecule has 0 aliphatic heterocycles. The van der Waals surface area contributed by atoms with Crippen LogP contribution >= 0.6 is 0 Å². The van der Waals surface area contributed by atoms with Crippen molar-refractivity contribution in [1.82, 2.24) is 10.6 Å². The van der Waals surface area contributed by atoms with E-state index in [-0.39, 0.29) is 17.7 Å². The summed E-state index contributed by atoms with van der Waals surface area (Å²) < 4.78 is 13.3. The van der Waals surface area contributed by atoms with Gasteiger partial charge in [-0.2, -0.15) is 0 Å². The third kappa shape index (κ3) is 2.96. The van der Waals surface area contributed by atoms with E-state index in [2.05, 4.69) is 10.6 Å². The Labute approximate surface area is 100 Å². The van der Waals surface area contributed by atoms with Crippen molar-refractivity contribution in [2.45, 2.75) is 38.3 Å². The van der Waals surface area contributed by atoms with Crippen LogP contribution in [0.2, 0.25) is 0 Å².